The zero-order valence-corrected chi connectivity index (χ0v) is 17.8. The maximum absolute atomic E-state index is 12.0. The molecule has 2 aliphatic carbocycles. The lowest BCUT2D eigenvalue weighted by Gasteiger charge is -2.43. The summed E-state index contributed by atoms with van der Waals surface area (Å²) in [4.78, 5) is 12.0. The van der Waals surface area contributed by atoms with E-state index in [0.29, 0.717) is 5.92 Å². The highest BCUT2D eigenvalue weighted by molar-refractivity contribution is 6.74. The van der Waals surface area contributed by atoms with E-state index in [1.807, 2.05) is 0 Å². The molecule has 3 unspecified atom stereocenters. The number of fused-ring (bicyclic) bond motifs is 1. The Morgan fingerprint density at radius 3 is 2.43 bits per heavy atom. The van der Waals surface area contributed by atoms with Crippen LogP contribution < -0.4 is 0 Å². The van der Waals surface area contributed by atoms with Gasteiger partial charge in [0.05, 0.1) is 0 Å². The van der Waals surface area contributed by atoms with Gasteiger partial charge in [-0.05, 0) is 49.7 Å². The summed E-state index contributed by atoms with van der Waals surface area (Å²) in [6.45, 7) is 12.3. The van der Waals surface area contributed by atoms with Crippen molar-refractivity contribution in [2.75, 3.05) is 6.61 Å². The lowest BCUT2D eigenvalue weighted by atomic mass is 9.69. The summed E-state index contributed by atoms with van der Waals surface area (Å²) in [7, 11) is -1.60. The van der Waals surface area contributed by atoms with Gasteiger partial charge in [-0.1, -0.05) is 56.8 Å². The number of unbranched alkanes of at least 4 members (excludes halogenated alkanes) is 2. The fraction of sp³-hybridized carbons (Fsp3) is 0.944. The molecule has 0 aliphatic heterocycles. The molecule has 3 atom stereocenters. The number of Topliss-reactive ketones (excluding diaryl/α,β-unsaturated/α-hetero) is 1. The van der Waals surface area contributed by atoms with Crippen molar-refractivity contribution in [1.29, 1.82) is 0 Å². The predicted octanol–water partition coefficient (Wildman–Crippen LogP) is 5.97. The Morgan fingerprint density at radius 1 is 1.17 bits per heavy atom. The van der Waals surface area contributed by atoms with E-state index in [1.165, 1.54) is 12.8 Å². The Labute approximate surface area is 152 Å². The molecule has 0 heterocycles. The summed E-state index contributed by atoms with van der Waals surface area (Å²) in [6.07, 6.45) is 6.75. The van der Waals surface area contributed by atoms with Crippen LogP contribution >= 0.6 is 23.2 Å². The molecular weight excluding hydrogens is 347 g/mol. The number of rotatable bonds is 7. The molecule has 5 heteroatoms. The van der Waals surface area contributed by atoms with Gasteiger partial charge in [-0.15, -0.1) is 0 Å². The minimum atomic E-state index is -1.60. The number of halogens is 2. The monoisotopic (exact) mass is 378 g/mol. The molecule has 0 amide bonds. The van der Waals surface area contributed by atoms with Crippen LogP contribution in [0.5, 0.6) is 0 Å². The smallest absolute Gasteiger partial charge is 0.191 e. The van der Waals surface area contributed by atoms with E-state index in [1.54, 1.807) is 0 Å². The van der Waals surface area contributed by atoms with Crippen molar-refractivity contribution in [3.8, 4) is 0 Å². The Bertz CT molecular complexity index is 443. The van der Waals surface area contributed by atoms with Crippen molar-refractivity contribution in [3.63, 3.8) is 0 Å². The van der Waals surface area contributed by atoms with Crippen molar-refractivity contribution in [2.45, 2.75) is 81.8 Å². The van der Waals surface area contributed by atoms with Crippen LogP contribution in [0.4, 0.5) is 0 Å². The minimum Gasteiger partial charge on any atom is -0.417 e. The summed E-state index contributed by atoms with van der Waals surface area (Å²) in [5, 5.41) is 0.284. The average molecular weight is 379 g/mol. The van der Waals surface area contributed by atoms with E-state index in [-0.39, 0.29) is 22.7 Å². The van der Waals surface area contributed by atoms with E-state index in [9.17, 15) is 4.79 Å². The zero-order valence-electron chi connectivity index (χ0n) is 15.3. The third-order valence-corrected chi connectivity index (χ3v) is 11.8. The first-order valence-electron chi connectivity index (χ1n) is 9.04. The van der Waals surface area contributed by atoms with Crippen LogP contribution in [-0.4, -0.2) is 25.0 Å². The average Bonchev–Trinajstić information content (AvgIpc) is 2.83. The van der Waals surface area contributed by atoms with Crippen molar-refractivity contribution >= 4 is 37.3 Å². The topological polar surface area (TPSA) is 26.3 Å². The van der Waals surface area contributed by atoms with Gasteiger partial charge in [-0.25, -0.2) is 0 Å². The van der Waals surface area contributed by atoms with Crippen LogP contribution in [0.2, 0.25) is 18.1 Å². The molecule has 0 bridgehead atoms. The van der Waals surface area contributed by atoms with Crippen molar-refractivity contribution in [2.24, 2.45) is 17.8 Å². The summed E-state index contributed by atoms with van der Waals surface area (Å²) < 4.78 is 5.14. The lowest BCUT2D eigenvalue weighted by molar-refractivity contribution is -0.135. The summed E-state index contributed by atoms with van der Waals surface area (Å²) >= 11 is 12.2. The first kappa shape index (κ1) is 19.7. The SMILES string of the molecule is CC(C)(C)[Si](C)(C)OCCCCCC1CCC2C1C(=O)C2(Cl)Cl. The molecule has 2 aliphatic rings. The molecule has 0 radical (unpaired) electrons. The number of carbonyl (C=O) groups excluding carboxylic acids is 1. The maximum atomic E-state index is 12.0. The quantitative estimate of drug-likeness (QED) is 0.310. The van der Waals surface area contributed by atoms with Gasteiger partial charge in [0.1, 0.15) is 0 Å². The predicted molar refractivity (Wildman–Crippen MR) is 101 cm³/mol. The van der Waals surface area contributed by atoms with Gasteiger partial charge in [-0.3, -0.25) is 4.79 Å². The number of carbonyl (C=O) groups is 1. The highest BCUT2D eigenvalue weighted by atomic mass is 35.5. The van der Waals surface area contributed by atoms with E-state index in [4.69, 9.17) is 27.6 Å². The fourth-order valence-corrected chi connectivity index (χ4v) is 5.58. The van der Waals surface area contributed by atoms with Gasteiger partial charge in [-0.2, -0.15) is 0 Å². The number of hydrogen-bond acceptors (Lipinski definition) is 2. The van der Waals surface area contributed by atoms with Crippen molar-refractivity contribution in [1.82, 2.24) is 0 Å². The maximum Gasteiger partial charge on any atom is 0.191 e. The van der Waals surface area contributed by atoms with Crippen LogP contribution in [0.1, 0.15) is 59.3 Å². The number of hydrogen-bond donors (Lipinski definition) is 0. The third kappa shape index (κ3) is 3.99. The molecule has 2 fully saturated rings. The first-order chi connectivity index (χ1) is 10.5. The molecule has 134 valence electrons. The molecule has 0 spiro atoms. The Morgan fingerprint density at radius 2 is 1.83 bits per heavy atom. The first-order valence-corrected chi connectivity index (χ1v) is 12.7. The van der Waals surface area contributed by atoms with Gasteiger partial charge >= 0.3 is 0 Å². The molecule has 2 saturated carbocycles. The second-order valence-corrected chi connectivity index (χ2v) is 15.1. The molecule has 0 aromatic carbocycles. The zero-order chi connectivity index (χ0) is 17.5. The molecule has 2 nitrogen and oxygen atoms in total. The molecule has 0 aromatic rings. The molecule has 0 N–H and O–H groups in total. The Hall–Kier alpha value is 0.427. The van der Waals surface area contributed by atoms with Crippen LogP contribution in [-0.2, 0) is 9.22 Å². The standard InChI is InChI=1S/C18H32Cl2O2Si/c1-17(2,3)23(4,5)22-12-8-6-7-9-13-10-11-14-15(13)16(21)18(14,19)20/h13-15H,6-12H2,1-5H3. The molecule has 2 rings (SSSR count). The van der Waals surface area contributed by atoms with E-state index in [0.717, 1.165) is 32.3 Å². The molecule has 23 heavy (non-hydrogen) atoms. The lowest BCUT2D eigenvalue weighted by Crippen LogP contribution is -2.55. The fourth-order valence-electron chi connectivity index (χ4n) is 3.75. The molecule has 0 saturated heterocycles. The molecule has 0 aromatic heterocycles. The summed E-state index contributed by atoms with van der Waals surface area (Å²) in [5.74, 6) is 0.952. The van der Waals surface area contributed by atoms with Gasteiger partial charge in [0.15, 0.2) is 18.4 Å². The van der Waals surface area contributed by atoms with E-state index >= 15 is 0 Å². The minimum absolute atomic E-state index is 0.0783. The Balaban J connectivity index is 1.62. The van der Waals surface area contributed by atoms with Gasteiger partial charge < -0.3 is 4.43 Å². The van der Waals surface area contributed by atoms with Crippen LogP contribution in [0.3, 0.4) is 0 Å². The van der Waals surface area contributed by atoms with Crippen LogP contribution in [0.25, 0.3) is 0 Å². The highest BCUT2D eigenvalue weighted by Crippen LogP contribution is 2.59. The van der Waals surface area contributed by atoms with Crippen LogP contribution in [0.15, 0.2) is 0 Å². The normalized spacial score (nSPS) is 30.2. The van der Waals surface area contributed by atoms with Crippen molar-refractivity contribution in [3.05, 3.63) is 0 Å². The highest BCUT2D eigenvalue weighted by Gasteiger charge is 2.64. The summed E-state index contributed by atoms with van der Waals surface area (Å²) in [5.41, 5.74) is 0. The van der Waals surface area contributed by atoms with Crippen molar-refractivity contribution < 1.29 is 9.22 Å². The van der Waals surface area contributed by atoms with E-state index in [2.05, 4.69) is 33.9 Å². The van der Waals surface area contributed by atoms with Gasteiger partial charge in [0.2, 0.25) is 0 Å². The third-order valence-electron chi connectivity index (χ3n) is 6.38. The second-order valence-electron chi connectivity index (χ2n) is 8.92. The molecular formula is C18H32Cl2O2Si. The van der Waals surface area contributed by atoms with Gasteiger partial charge in [0, 0.05) is 18.4 Å². The number of alkyl halides is 2. The van der Waals surface area contributed by atoms with Gasteiger partial charge in [0.25, 0.3) is 0 Å². The van der Waals surface area contributed by atoms with E-state index < -0.39 is 12.7 Å². The second kappa shape index (κ2) is 6.97. The largest absolute Gasteiger partial charge is 0.417 e. The number of ketones is 1. The Kier molecular flexibility index (Phi) is 5.99. The summed E-state index contributed by atoms with van der Waals surface area (Å²) in [6, 6.07) is 0. The van der Waals surface area contributed by atoms with Crippen LogP contribution in [0, 0.1) is 17.8 Å².